The van der Waals surface area contributed by atoms with Gasteiger partial charge in [-0.15, -0.1) is 0 Å². The summed E-state index contributed by atoms with van der Waals surface area (Å²) in [6.45, 7) is 0. The molecule has 0 bridgehead atoms. The molecule has 2 aromatic heterocycles. The van der Waals surface area contributed by atoms with Crippen LogP contribution in [0.15, 0.2) is 47.3 Å². The maximum atomic E-state index is 4.26. The molecule has 0 fully saturated rings. The van der Waals surface area contributed by atoms with Gasteiger partial charge < -0.3 is 9.13 Å². The van der Waals surface area contributed by atoms with E-state index in [1.807, 2.05) is 48.0 Å². The molecule has 96 valence electrons. The van der Waals surface area contributed by atoms with Gasteiger partial charge in [0.15, 0.2) is 10.3 Å². The van der Waals surface area contributed by atoms with Crippen molar-refractivity contribution in [2.45, 2.75) is 10.3 Å². The second-order valence-corrected chi connectivity index (χ2v) is 5.71. The molecule has 0 radical (unpaired) electrons. The van der Waals surface area contributed by atoms with E-state index in [4.69, 9.17) is 0 Å². The van der Waals surface area contributed by atoms with Gasteiger partial charge in [-0.1, -0.05) is 35.7 Å². The fraction of sp³-hybridized carbons (Fsp3) is 0.333. The highest BCUT2D eigenvalue weighted by Crippen LogP contribution is 2.16. The van der Waals surface area contributed by atoms with Crippen LogP contribution >= 0.6 is 23.5 Å². The Kier molecular flexibility index (Phi) is 4.95. The summed E-state index contributed by atoms with van der Waals surface area (Å²) < 4.78 is 4.06. The summed E-state index contributed by atoms with van der Waals surface area (Å²) in [6, 6.07) is 0. The molecule has 4 nitrogen and oxygen atoms in total. The summed E-state index contributed by atoms with van der Waals surface area (Å²) in [4.78, 5) is 8.52. The van der Waals surface area contributed by atoms with E-state index in [9.17, 15) is 0 Å². The predicted octanol–water partition coefficient (Wildman–Crippen LogP) is 2.59. The molecule has 2 rings (SSSR count). The zero-order valence-corrected chi connectivity index (χ0v) is 12.1. The molecule has 0 amide bonds. The van der Waals surface area contributed by atoms with Crippen LogP contribution in [-0.4, -0.2) is 30.6 Å². The Bertz CT molecular complexity index is 469. The number of imidazole rings is 2. The fourth-order valence-corrected chi connectivity index (χ4v) is 2.93. The molecule has 0 atom stereocenters. The average Bonchev–Trinajstić information content (AvgIpc) is 2.94. The molecule has 0 unspecified atom stereocenters. The first-order valence-corrected chi connectivity index (χ1v) is 7.59. The Balaban J connectivity index is 1.67. The van der Waals surface area contributed by atoms with Crippen LogP contribution in [0.2, 0.25) is 0 Å². The Hall–Kier alpha value is -1.14. The summed E-state index contributed by atoms with van der Waals surface area (Å²) >= 11 is 3.48. The van der Waals surface area contributed by atoms with Gasteiger partial charge in [-0.25, -0.2) is 9.97 Å². The van der Waals surface area contributed by atoms with Crippen molar-refractivity contribution < 1.29 is 0 Å². The van der Waals surface area contributed by atoms with Crippen molar-refractivity contribution in [2.24, 2.45) is 14.1 Å². The molecule has 18 heavy (non-hydrogen) atoms. The van der Waals surface area contributed by atoms with Gasteiger partial charge >= 0.3 is 0 Å². The molecule has 0 spiro atoms. The fourth-order valence-electron chi connectivity index (χ4n) is 1.36. The highest BCUT2D eigenvalue weighted by Gasteiger charge is 1.98. The second kappa shape index (κ2) is 6.70. The third-order valence-electron chi connectivity index (χ3n) is 2.34. The number of aryl methyl sites for hydroxylation is 2. The van der Waals surface area contributed by atoms with Crippen molar-refractivity contribution in [2.75, 3.05) is 11.5 Å². The molecule has 0 aromatic carbocycles. The van der Waals surface area contributed by atoms with E-state index in [1.165, 1.54) is 0 Å². The Morgan fingerprint density at radius 2 is 1.39 bits per heavy atom. The van der Waals surface area contributed by atoms with Gasteiger partial charge in [-0.2, -0.15) is 0 Å². The van der Waals surface area contributed by atoms with Gasteiger partial charge in [0.2, 0.25) is 0 Å². The van der Waals surface area contributed by atoms with Gasteiger partial charge in [0.05, 0.1) is 0 Å². The Morgan fingerprint density at radius 3 is 1.72 bits per heavy atom. The molecule has 2 aromatic rings. The molecule has 0 aliphatic rings. The van der Waals surface area contributed by atoms with E-state index in [-0.39, 0.29) is 0 Å². The van der Waals surface area contributed by atoms with Crippen LogP contribution in [0.25, 0.3) is 0 Å². The van der Waals surface area contributed by atoms with E-state index < -0.39 is 0 Å². The average molecular weight is 280 g/mol. The van der Waals surface area contributed by atoms with Crippen LogP contribution in [0, 0.1) is 0 Å². The summed E-state index contributed by atoms with van der Waals surface area (Å²) in [6.07, 6.45) is 11.9. The van der Waals surface area contributed by atoms with Crippen molar-refractivity contribution >= 4 is 23.5 Å². The summed E-state index contributed by atoms with van der Waals surface area (Å²) in [5, 5.41) is 2.10. The summed E-state index contributed by atoms with van der Waals surface area (Å²) in [5.41, 5.74) is 0. The number of rotatable bonds is 6. The molecular weight excluding hydrogens is 264 g/mol. The topological polar surface area (TPSA) is 35.6 Å². The Labute approximate surface area is 116 Å². The monoisotopic (exact) mass is 280 g/mol. The van der Waals surface area contributed by atoms with Gasteiger partial charge in [-0.3, -0.25) is 0 Å². The third-order valence-corrected chi connectivity index (χ3v) is 4.36. The van der Waals surface area contributed by atoms with E-state index in [2.05, 4.69) is 22.1 Å². The zero-order chi connectivity index (χ0) is 12.8. The summed E-state index contributed by atoms with van der Waals surface area (Å²) in [7, 11) is 4.02. The highest BCUT2D eigenvalue weighted by atomic mass is 32.2. The number of aromatic nitrogens is 4. The maximum absolute atomic E-state index is 4.26. The lowest BCUT2D eigenvalue weighted by atomic mass is 10.6. The van der Waals surface area contributed by atoms with Crippen molar-refractivity contribution in [1.29, 1.82) is 0 Å². The minimum atomic E-state index is 0.950. The number of hydrogen-bond acceptors (Lipinski definition) is 4. The van der Waals surface area contributed by atoms with Crippen molar-refractivity contribution in [1.82, 2.24) is 19.1 Å². The maximum Gasteiger partial charge on any atom is 0.167 e. The molecule has 2 heterocycles. The standard InChI is InChI=1S/C12H16N4S2/c1-15-7-5-13-11(15)17-9-3-4-10-18-12-14-6-8-16(12)2/h3-8H,9-10H2,1-2H3. The quantitative estimate of drug-likeness (QED) is 0.602. The van der Waals surface area contributed by atoms with Crippen LogP contribution in [-0.2, 0) is 14.1 Å². The largest absolute Gasteiger partial charge is 0.329 e. The van der Waals surface area contributed by atoms with Gasteiger partial charge in [0, 0.05) is 50.4 Å². The van der Waals surface area contributed by atoms with Crippen LogP contribution in [0.4, 0.5) is 0 Å². The number of hydrogen-bond donors (Lipinski definition) is 0. The predicted molar refractivity (Wildman–Crippen MR) is 77.0 cm³/mol. The summed E-state index contributed by atoms with van der Waals surface area (Å²) in [5.74, 6) is 1.90. The molecule has 6 heteroatoms. The Morgan fingerprint density at radius 1 is 0.944 bits per heavy atom. The van der Waals surface area contributed by atoms with Gasteiger partial charge in [-0.05, 0) is 0 Å². The van der Waals surface area contributed by atoms with Crippen LogP contribution in [0.1, 0.15) is 0 Å². The lowest BCUT2D eigenvalue weighted by molar-refractivity contribution is 0.790. The first-order valence-electron chi connectivity index (χ1n) is 5.62. The molecule has 0 saturated carbocycles. The van der Waals surface area contributed by atoms with E-state index in [0.717, 1.165) is 21.8 Å². The normalized spacial score (nSPS) is 11.4. The van der Waals surface area contributed by atoms with Crippen LogP contribution < -0.4 is 0 Å². The van der Waals surface area contributed by atoms with Crippen molar-refractivity contribution in [3.05, 3.63) is 36.9 Å². The molecule has 0 aliphatic carbocycles. The smallest absolute Gasteiger partial charge is 0.167 e. The van der Waals surface area contributed by atoms with E-state index in [0.29, 0.717) is 0 Å². The lowest BCUT2D eigenvalue weighted by Crippen LogP contribution is -1.89. The lowest BCUT2D eigenvalue weighted by Gasteiger charge is -1.98. The van der Waals surface area contributed by atoms with Crippen LogP contribution in [0.5, 0.6) is 0 Å². The number of nitrogens with zero attached hydrogens (tertiary/aromatic N) is 4. The second-order valence-electron chi connectivity index (χ2n) is 3.73. The van der Waals surface area contributed by atoms with Crippen molar-refractivity contribution in [3.63, 3.8) is 0 Å². The van der Waals surface area contributed by atoms with Gasteiger partial charge in [0.1, 0.15) is 0 Å². The first kappa shape index (κ1) is 13.3. The minimum absolute atomic E-state index is 0.950. The zero-order valence-electron chi connectivity index (χ0n) is 10.5. The van der Waals surface area contributed by atoms with E-state index >= 15 is 0 Å². The third kappa shape index (κ3) is 3.68. The van der Waals surface area contributed by atoms with Crippen molar-refractivity contribution in [3.8, 4) is 0 Å². The first-order chi connectivity index (χ1) is 8.77. The number of thioether (sulfide) groups is 2. The highest BCUT2D eigenvalue weighted by molar-refractivity contribution is 7.99. The SMILES string of the molecule is Cn1ccnc1SCC=CCSc1nccn1C. The molecular formula is C12H16N4S2. The molecule has 0 N–H and O–H groups in total. The minimum Gasteiger partial charge on any atom is -0.329 e. The van der Waals surface area contributed by atoms with E-state index in [1.54, 1.807) is 23.5 Å². The van der Waals surface area contributed by atoms with Gasteiger partial charge in [0.25, 0.3) is 0 Å². The molecule has 0 aliphatic heterocycles. The van der Waals surface area contributed by atoms with Crippen LogP contribution in [0.3, 0.4) is 0 Å². The molecule has 0 saturated heterocycles.